The van der Waals surface area contributed by atoms with Gasteiger partial charge in [0.1, 0.15) is 18.3 Å². The fourth-order valence-electron chi connectivity index (χ4n) is 1.89. The summed E-state index contributed by atoms with van der Waals surface area (Å²) in [5.74, 6) is 1.92. The van der Waals surface area contributed by atoms with Gasteiger partial charge in [-0.3, -0.25) is 0 Å². The van der Waals surface area contributed by atoms with Crippen molar-refractivity contribution in [2.75, 3.05) is 7.11 Å². The van der Waals surface area contributed by atoms with E-state index in [1.165, 1.54) is 0 Å². The molecule has 2 fully saturated rings. The Kier molecular flexibility index (Phi) is 2.28. The van der Waals surface area contributed by atoms with Crippen LogP contribution in [-0.2, 0) is 18.9 Å². The van der Waals surface area contributed by atoms with Crippen LogP contribution in [0.4, 0.5) is 0 Å². The minimum absolute atomic E-state index is 0.222. The minimum atomic E-state index is -0.606. The lowest BCUT2D eigenvalue weighted by Crippen LogP contribution is -2.30. The van der Waals surface area contributed by atoms with E-state index in [9.17, 15) is 0 Å². The maximum atomic E-state index is 5.64. The van der Waals surface area contributed by atoms with Gasteiger partial charge in [-0.05, 0) is 13.8 Å². The van der Waals surface area contributed by atoms with Gasteiger partial charge < -0.3 is 18.9 Å². The number of methoxy groups -OCH3 is 1. The van der Waals surface area contributed by atoms with Gasteiger partial charge in [-0.15, -0.1) is 6.42 Å². The largest absolute Gasteiger partial charge is 0.353 e. The Bertz CT molecular complexity index is 268. The summed E-state index contributed by atoms with van der Waals surface area (Å²) < 4.78 is 21.8. The molecule has 2 aliphatic rings. The molecule has 2 saturated heterocycles. The molecule has 78 valence electrons. The molecular formula is C10H14O4. The zero-order chi connectivity index (χ0) is 10.3. The van der Waals surface area contributed by atoms with Crippen LogP contribution in [0.1, 0.15) is 13.8 Å². The summed E-state index contributed by atoms with van der Waals surface area (Å²) in [6.45, 7) is 3.71. The molecule has 0 bridgehead atoms. The lowest BCUT2D eigenvalue weighted by Gasteiger charge is -2.21. The van der Waals surface area contributed by atoms with Crippen LogP contribution in [-0.4, -0.2) is 37.5 Å². The molecule has 2 rings (SSSR count). The van der Waals surface area contributed by atoms with Gasteiger partial charge in [0, 0.05) is 7.11 Å². The van der Waals surface area contributed by atoms with E-state index in [0.29, 0.717) is 0 Å². The lowest BCUT2D eigenvalue weighted by atomic mass is 10.1. The fourth-order valence-corrected chi connectivity index (χ4v) is 1.89. The maximum Gasteiger partial charge on any atom is 0.187 e. The highest BCUT2D eigenvalue weighted by molar-refractivity contribution is 5.08. The zero-order valence-corrected chi connectivity index (χ0v) is 8.52. The number of terminal acetylenes is 1. The van der Waals surface area contributed by atoms with Crippen molar-refractivity contribution in [1.29, 1.82) is 0 Å². The highest BCUT2D eigenvalue weighted by Gasteiger charge is 2.55. The second-order valence-electron chi connectivity index (χ2n) is 3.89. The third kappa shape index (κ3) is 1.43. The Balaban J connectivity index is 2.17. The van der Waals surface area contributed by atoms with Gasteiger partial charge in [0.2, 0.25) is 0 Å². The molecule has 0 N–H and O–H groups in total. The van der Waals surface area contributed by atoms with E-state index < -0.39 is 12.1 Å². The van der Waals surface area contributed by atoms with Crippen molar-refractivity contribution < 1.29 is 18.9 Å². The SMILES string of the molecule is C#C[C@H]1O[C@H](OC)C2OC(C)(C)OC21. The van der Waals surface area contributed by atoms with E-state index in [-0.39, 0.29) is 18.3 Å². The molecule has 0 aliphatic carbocycles. The molecule has 4 atom stereocenters. The normalized spacial score (nSPS) is 44.7. The summed E-state index contributed by atoms with van der Waals surface area (Å²) in [7, 11) is 1.56. The monoisotopic (exact) mass is 198 g/mol. The second kappa shape index (κ2) is 3.21. The number of hydrogen-bond donors (Lipinski definition) is 0. The van der Waals surface area contributed by atoms with Gasteiger partial charge in [-0.2, -0.15) is 0 Å². The van der Waals surface area contributed by atoms with Crippen LogP contribution in [0.5, 0.6) is 0 Å². The third-order valence-electron chi connectivity index (χ3n) is 2.41. The van der Waals surface area contributed by atoms with Crippen LogP contribution < -0.4 is 0 Å². The van der Waals surface area contributed by atoms with Crippen LogP contribution in [0.25, 0.3) is 0 Å². The lowest BCUT2D eigenvalue weighted by molar-refractivity contribution is -0.220. The van der Waals surface area contributed by atoms with Crippen molar-refractivity contribution in [3.05, 3.63) is 0 Å². The summed E-state index contributed by atoms with van der Waals surface area (Å²) in [4.78, 5) is 0. The van der Waals surface area contributed by atoms with Crippen molar-refractivity contribution in [3.63, 3.8) is 0 Å². The molecule has 0 aromatic heterocycles. The summed E-state index contributed by atoms with van der Waals surface area (Å²) >= 11 is 0. The first-order valence-corrected chi connectivity index (χ1v) is 4.57. The average Bonchev–Trinajstić information content (AvgIpc) is 2.57. The molecule has 2 heterocycles. The molecular weight excluding hydrogens is 184 g/mol. The molecule has 0 radical (unpaired) electrons. The van der Waals surface area contributed by atoms with Crippen molar-refractivity contribution >= 4 is 0 Å². The number of ether oxygens (including phenoxy) is 4. The summed E-state index contributed by atoms with van der Waals surface area (Å²) in [5, 5.41) is 0. The molecule has 4 nitrogen and oxygen atoms in total. The Hall–Kier alpha value is -0.600. The molecule has 0 amide bonds. The highest BCUT2D eigenvalue weighted by atomic mass is 16.8. The van der Waals surface area contributed by atoms with Crippen LogP contribution in [0.3, 0.4) is 0 Å². The smallest absolute Gasteiger partial charge is 0.187 e. The Morgan fingerprint density at radius 1 is 1.29 bits per heavy atom. The van der Waals surface area contributed by atoms with Crippen LogP contribution in [0, 0.1) is 12.3 Å². The van der Waals surface area contributed by atoms with E-state index in [1.54, 1.807) is 7.11 Å². The Labute approximate surface area is 83.5 Å². The Morgan fingerprint density at radius 2 is 1.93 bits per heavy atom. The first kappa shape index (κ1) is 9.94. The fraction of sp³-hybridized carbons (Fsp3) is 0.800. The van der Waals surface area contributed by atoms with Crippen LogP contribution in [0.15, 0.2) is 0 Å². The number of fused-ring (bicyclic) bond motifs is 1. The van der Waals surface area contributed by atoms with Gasteiger partial charge in [0.15, 0.2) is 12.1 Å². The van der Waals surface area contributed by atoms with E-state index in [2.05, 4.69) is 5.92 Å². The molecule has 2 aliphatic heterocycles. The number of rotatable bonds is 1. The van der Waals surface area contributed by atoms with Crippen molar-refractivity contribution in [2.24, 2.45) is 0 Å². The molecule has 14 heavy (non-hydrogen) atoms. The van der Waals surface area contributed by atoms with E-state index in [0.717, 1.165) is 0 Å². The summed E-state index contributed by atoms with van der Waals surface area (Å²) in [6.07, 6.45) is 4.07. The third-order valence-corrected chi connectivity index (χ3v) is 2.41. The van der Waals surface area contributed by atoms with Gasteiger partial charge in [-0.25, -0.2) is 0 Å². The topological polar surface area (TPSA) is 36.9 Å². The van der Waals surface area contributed by atoms with Crippen LogP contribution in [0.2, 0.25) is 0 Å². The molecule has 0 aromatic rings. The van der Waals surface area contributed by atoms with Crippen molar-refractivity contribution in [1.82, 2.24) is 0 Å². The van der Waals surface area contributed by atoms with Crippen molar-refractivity contribution in [3.8, 4) is 12.3 Å². The second-order valence-corrected chi connectivity index (χ2v) is 3.89. The van der Waals surface area contributed by atoms with Gasteiger partial charge in [-0.1, -0.05) is 5.92 Å². The molecule has 4 heteroatoms. The first-order chi connectivity index (χ1) is 6.57. The standard InChI is InChI=1S/C10H14O4/c1-5-6-7-8(9(11-4)12-6)14-10(2,3)13-7/h1,6-9H,2-4H3/t6-,7?,8?,9+/m1/s1. The Morgan fingerprint density at radius 3 is 2.50 bits per heavy atom. The van der Waals surface area contributed by atoms with E-state index in [1.807, 2.05) is 13.8 Å². The van der Waals surface area contributed by atoms with Gasteiger partial charge in [0.05, 0.1) is 0 Å². The first-order valence-electron chi connectivity index (χ1n) is 4.57. The predicted molar refractivity (Wildman–Crippen MR) is 48.3 cm³/mol. The quantitative estimate of drug-likeness (QED) is 0.575. The predicted octanol–water partition coefficient (Wildman–Crippen LogP) is 0.511. The highest BCUT2D eigenvalue weighted by Crippen LogP contribution is 2.38. The van der Waals surface area contributed by atoms with Crippen molar-refractivity contribution in [2.45, 2.75) is 44.2 Å². The van der Waals surface area contributed by atoms with E-state index >= 15 is 0 Å². The molecule has 0 saturated carbocycles. The van der Waals surface area contributed by atoms with Crippen LogP contribution >= 0.6 is 0 Å². The maximum absolute atomic E-state index is 5.64. The average molecular weight is 198 g/mol. The molecule has 0 aromatic carbocycles. The van der Waals surface area contributed by atoms with Gasteiger partial charge in [0.25, 0.3) is 0 Å². The summed E-state index contributed by atoms with van der Waals surface area (Å²) in [5.41, 5.74) is 0. The minimum Gasteiger partial charge on any atom is -0.353 e. The summed E-state index contributed by atoms with van der Waals surface area (Å²) in [6, 6.07) is 0. The van der Waals surface area contributed by atoms with Gasteiger partial charge >= 0.3 is 0 Å². The molecule has 0 spiro atoms. The molecule has 2 unspecified atom stereocenters. The zero-order valence-electron chi connectivity index (χ0n) is 8.52. The number of hydrogen-bond acceptors (Lipinski definition) is 4. The van der Waals surface area contributed by atoms with E-state index in [4.69, 9.17) is 25.4 Å².